The average molecular weight is 295 g/mol. The van der Waals surface area contributed by atoms with E-state index in [1.165, 1.54) is 45.2 Å². The van der Waals surface area contributed by atoms with Crippen molar-refractivity contribution < 1.29 is 4.79 Å². The first-order chi connectivity index (χ1) is 10.3. The fourth-order valence-corrected chi connectivity index (χ4v) is 3.96. The lowest BCUT2D eigenvalue weighted by molar-refractivity contribution is -0.131. The number of likely N-dealkylation sites (tertiary alicyclic amines) is 1. The summed E-state index contributed by atoms with van der Waals surface area (Å²) in [4.78, 5) is 16.7. The second-order valence-corrected chi connectivity index (χ2v) is 6.47. The zero-order valence-corrected chi connectivity index (χ0v) is 13.9. The summed E-state index contributed by atoms with van der Waals surface area (Å²) in [6.07, 6.45) is 8.42. The lowest BCUT2D eigenvalue weighted by atomic mass is 9.94. The fraction of sp³-hybridized carbons (Fsp3) is 0.941. The van der Waals surface area contributed by atoms with Crippen LogP contribution in [0.4, 0.5) is 0 Å². The van der Waals surface area contributed by atoms with E-state index in [1.807, 2.05) is 4.90 Å². The molecule has 2 unspecified atom stereocenters. The number of piperidine rings is 1. The molecule has 1 amide bonds. The Kier molecular flexibility index (Phi) is 6.97. The van der Waals surface area contributed by atoms with Crippen LogP contribution in [0.25, 0.3) is 0 Å². The molecular formula is C17H33N3O. The number of hydrogen-bond acceptors (Lipinski definition) is 3. The Morgan fingerprint density at radius 2 is 2.00 bits per heavy atom. The molecule has 2 aliphatic heterocycles. The Labute approximate surface area is 130 Å². The van der Waals surface area contributed by atoms with Gasteiger partial charge in [-0.1, -0.05) is 6.42 Å². The lowest BCUT2D eigenvalue weighted by Gasteiger charge is -2.39. The minimum absolute atomic E-state index is 0.326. The van der Waals surface area contributed by atoms with Crippen LogP contribution in [0.15, 0.2) is 0 Å². The van der Waals surface area contributed by atoms with Crippen molar-refractivity contribution in [3.05, 3.63) is 0 Å². The Morgan fingerprint density at radius 1 is 1.19 bits per heavy atom. The largest absolute Gasteiger partial charge is 0.343 e. The predicted octanol–water partition coefficient (Wildman–Crippen LogP) is 2.24. The van der Waals surface area contributed by atoms with Gasteiger partial charge in [0, 0.05) is 31.6 Å². The van der Waals surface area contributed by atoms with E-state index in [0.717, 1.165) is 26.1 Å². The molecule has 0 aromatic carbocycles. The highest BCUT2D eigenvalue weighted by atomic mass is 16.2. The van der Waals surface area contributed by atoms with E-state index in [2.05, 4.69) is 24.1 Å². The number of amides is 1. The monoisotopic (exact) mass is 295 g/mol. The van der Waals surface area contributed by atoms with Crippen molar-refractivity contribution in [2.24, 2.45) is 0 Å². The minimum atomic E-state index is 0.326. The molecule has 4 heteroatoms. The van der Waals surface area contributed by atoms with Gasteiger partial charge < -0.3 is 10.2 Å². The molecule has 0 saturated carbocycles. The van der Waals surface area contributed by atoms with Crippen molar-refractivity contribution in [2.45, 2.75) is 70.9 Å². The second kappa shape index (κ2) is 8.74. The highest BCUT2D eigenvalue weighted by molar-refractivity contribution is 5.76. The molecule has 122 valence electrons. The van der Waals surface area contributed by atoms with E-state index in [4.69, 9.17) is 0 Å². The third kappa shape index (κ3) is 4.68. The van der Waals surface area contributed by atoms with Crippen LogP contribution in [0.5, 0.6) is 0 Å². The molecule has 2 saturated heterocycles. The molecule has 0 spiro atoms. The summed E-state index contributed by atoms with van der Waals surface area (Å²) in [5.41, 5.74) is 0. The van der Waals surface area contributed by atoms with Gasteiger partial charge in [0.05, 0.1) is 0 Å². The van der Waals surface area contributed by atoms with Crippen LogP contribution >= 0.6 is 0 Å². The molecule has 0 aromatic heterocycles. The van der Waals surface area contributed by atoms with E-state index in [1.54, 1.807) is 0 Å². The molecule has 4 nitrogen and oxygen atoms in total. The molecule has 2 atom stereocenters. The number of carbonyl (C=O) groups excluding carboxylic acids is 1. The molecular weight excluding hydrogens is 262 g/mol. The number of rotatable bonds is 7. The number of nitrogens with one attached hydrogen (secondary N) is 1. The third-order valence-corrected chi connectivity index (χ3v) is 5.18. The smallest absolute Gasteiger partial charge is 0.222 e. The predicted molar refractivity (Wildman–Crippen MR) is 87.4 cm³/mol. The second-order valence-electron chi connectivity index (χ2n) is 6.47. The Bertz CT molecular complexity index is 311. The van der Waals surface area contributed by atoms with Gasteiger partial charge in [-0.25, -0.2) is 0 Å². The number of hydrogen-bond donors (Lipinski definition) is 1. The summed E-state index contributed by atoms with van der Waals surface area (Å²) in [5, 5.41) is 3.68. The van der Waals surface area contributed by atoms with Crippen LogP contribution in [-0.4, -0.2) is 60.5 Å². The molecule has 1 N–H and O–H groups in total. The number of carbonyl (C=O) groups is 1. The van der Waals surface area contributed by atoms with Crippen molar-refractivity contribution in [1.29, 1.82) is 0 Å². The van der Waals surface area contributed by atoms with Gasteiger partial charge in [0.25, 0.3) is 0 Å². The first-order valence-electron chi connectivity index (χ1n) is 9.01. The van der Waals surface area contributed by atoms with Gasteiger partial charge in [0.15, 0.2) is 0 Å². The summed E-state index contributed by atoms with van der Waals surface area (Å²) >= 11 is 0. The third-order valence-electron chi connectivity index (χ3n) is 5.18. The van der Waals surface area contributed by atoms with E-state index >= 15 is 0 Å². The van der Waals surface area contributed by atoms with Gasteiger partial charge in [-0.2, -0.15) is 0 Å². The minimum Gasteiger partial charge on any atom is -0.343 e. The molecule has 21 heavy (non-hydrogen) atoms. The van der Waals surface area contributed by atoms with Crippen LogP contribution in [0, 0.1) is 0 Å². The molecule has 0 bridgehead atoms. The quantitative estimate of drug-likeness (QED) is 0.782. The summed E-state index contributed by atoms with van der Waals surface area (Å²) in [6, 6.07) is 1.41. The van der Waals surface area contributed by atoms with Gasteiger partial charge >= 0.3 is 0 Å². The normalized spacial score (nSPS) is 27.0. The van der Waals surface area contributed by atoms with Gasteiger partial charge in [-0.15, -0.1) is 0 Å². The topological polar surface area (TPSA) is 35.6 Å². The van der Waals surface area contributed by atoms with Crippen LogP contribution in [-0.2, 0) is 4.79 Å². The highest BCUT2D eigenvalue weighted by Gasteiger charge is 2.31. The molecule has 0 aliphatic carbocycles. The zero-order chi connectivity index (χ0) is 15.1. The lowest BCUT2D eigenvalue weighted by Crippen LogP contribution is -2.50. The maximum atomic E-state index is 12.1. The Morgan fingerprint density at radius 3 is 2.67 bits per heavy atom. The van der Waals surface area contributed by atoms with Crippen molar-refractivity contribution in [2.75, 3.05) is 32.7 Å². The summed E-state index contributed by atoms with van der Waals surface area (Å²) in [5.74, 6) is 0.326. The molecule has 2 rings (SSSR count). The summed E-state index contributed by atoms with van der Waals surface area (Å²) in [7, 11) is 0. The van der Waals surface area contributed by atoms with Crippen LogP contribution < -0.4 is 5.32 Å². The molecule has 2 aliphatic rings. The standard InChI is InChI=1S/C17H33N3O/c1-3-19(4-2)17(21)11-8-14-20-13-6-5-10-16(20)15-9-7-12-18-15/h15-16,18H,3-14H2,1-2H3. The van der Waals surface area contributed by atoms with Crippen molar-refractivity contribution in [1.82, 2.24) is 15.1 Å². The maximum absolute atomic E-state index is 12.1. The van der Waals surface area contributed by atoms with Crippen LogP contribution in [0.1, 0.15) is 58.8 Å². The summed E-state index contributed by atoms with van der Waals surface area (Å²) < 4.78 is 0. The van der Waals surface area contributed by atoms with Crippen LogP contribution in [0.3, 0.4) is 0 Å². The van der Waals surface area contributed by atoms with E-state index in [9.17, 15) is 4.79 Å². The summed E-state index contributed by atoms with van der Waals surface area (Å²) in [6.45, 7) is 9.32. The van der Waals surface area contributed by atoms with E-state index in [0.29, 0.717) is 24.4 Å². The zero-order valence-electron chi connectivity index (χ0n) is 13.9. The van der Waals surface area contributed by atoms with Crippen LogP contribution in [0.2, 0.25) is 0 Å². The highest BCUT2D eigenvalue weighted by Crippen LogP contribution is 2.24. The van der Waals surface area contributed by atoms with E-state index in [-0.39, 0.29) is 0 Å². The average Bonchev–Trinajstić information content (AvgIpc) is 3.03. The van der Waals surface area contributed by atoms with Crippen molar-refractivity contribution >= 4 is 5.91 Å². The first-order valence-corrected chi connectivity index (χ1v) is 9.01. The first kappa shape index (κ1) is 16.8. The fourth-order valence-electron chi connectivity index (χ4n) is 3.96. The van der Waals surface area contributed by atoms with Crippen molar-refractivity contribution in [3.8, 4) is 0 Å². The molecule has 2 heterocycles. The van der Waals surface area contributed by atoms with Gasteiger partial charge in [-0.05, 0) is 65.6 Å². The van der Waals surface area contributed by atoms with Gasteiger partial charge in [-0.3, -0.25) is 9.69 Å². The molecule has 2 fully saturated rings. The van der Waals surface area contributed by atoms with Gasteiger partial charge in [0.2, 0.25) is 5.91 Å². The SMILES string of the molecule is CCN(CC)C(=O)CCCN1CCCCC1C1CCCN1. The van der Waals surface area contributed by atoms with Gasteiger partial charge in [0.1, 0.15) is 0 Å². The molecule has 0 radical (unpaired) electrons. The Hall–Kier alpha value is -0.610. The maximum Gasteiger partial charge on any atom is 0.222 e. The van der Waals surface area contributed by atoms with Crippen molar-refractivity contribution in [3.63, 3.8) is 0 Å². The van der Waals surface area contributed by atoms with E-state index < -0.39 is 0 Å². The molecule has 0 aromatic rings. The Balaban J connectivity index is 1.76. The number of nitrogens with zero attached hydrogens (tertiary/aromatic N) is 2.